The van der Waals surface area contributed by atoms with Crippen LogP contribution >= 0.6 is 0 Å². The summed E-state index contributed by atoms with van der Waals surface area (Å²) in [5.41, 5.74) is 7.55. The van der Waals surface area contributed by atoms with Gasteiger partial charge in [0.1, 0.15) is 0 Å². The van der Waals surface area contributed by atoms with Gasteiger partial charge in [-0.05, 0) is 11.6 Å². The molecule has 0 heterocycles. The van der Waals surface area contributed by atoms with Crippen LogP contribution in [0.2, 0.25) is 0 Å². The maximum Gasteiger partial charge on any atom is 0.250 e. The fourth-order valence-corrected chi connectivity index (χ4v) is 2.28. The first-order chi connectivity index (χ1) is 10.9. The smallest absolute Gasteiger partial charge is 0.250 e. The van der Waals surface area contributed by atoms with Crippen molar-refractivity contribution >= 4 is 29.1 Å². The Morgan fingerprint density at radius 3 is 1.91 bits per heavy atom. The molecule has 0 saturated carbocycles. The number of nitrogens with two attached hydrogens (primary N) is 1. The zero-order valence-electron chi connectivity index (χ0n) is 12.8. The van der Waals surface area contributed by atoms with Crippen LogP contribution in [0.15, 0.2) is 42.5 Å². The lowest BCUT2D eigenvalue weighted by Crippen LogP contribution is -2.19. The zero-order valence-corrected chi connectivity index (χ0v) is 12.8. The van der Waals surface area contributed by atoms with E-state index in [0.29, 0.717) is 11.3 Å². The van der Waals surface area contributed by atoms with E-state index in [1.165, 1.54) is 19.9 Å². The molecule has 0 unspecified atom stereocenters. The Kier molecular flexibility index (Phi) is 4.75. The highest BCUT2D eigenvalue weighted by molar-refractivity contribution is 6.11. The first-order valence-electron chi connectivity index (χ1n) is 6.97. The fourth-order valence-electron chi connectivity index (χ4n) is 2.28. The van der Waals surface area contributed by atoms with Gasteiger partial charge in [0.15, 0.2) is 0 Å². The highest BCUT2D eigenvalue weighted by atomic mass is 16.2. The van der Waals surface area contributed by atoms with Crippen LogP contribution in [-0.4, -0.2) is 17.7 Å². The molecule has 23 heavy (non-hydrogen) atoms. The minimum Gasteiger partial charge on any atom is -0.366 e. The maximum atomic E-state index is 11.6. The van der Waals surface area contributed by atoms with Crippen molar-refractivity contribution in [1.29, 1.82) is 0 Å². The Morgan fingerprint density at radius 1 is 0.826 bits per heavy atom. The van der Waals surface area contributed by atoms with Crippen LogP contribution < -0.4 is 16.4 Å². The number of hydrogen-bond donors (Lipinski definition) is 3. The lowest BCUT2D eigenvalue weighted by atomic mass is 9.98. The molecule has 3 amide bonds. The van der Waals surface area contributed by atoms with Crippen LogP contribution in [0.3, 0.4) is 0 Å². The molecule has 6 heteroatoms. The van der Waals surface area contributed by atoms with E-state index < -0.39 is 5.91 Å². The van der Waals surface area contributed by atoms with Crippen molar-refractivity contribution in [2.45, 2.75) is 13.8 Å². The van der Waals surface area contributed by atoms with Gasteiger partial charge in [-0.15, -0.1) is 0 Å². The highest BCUT2D eigenvalue weighted by Gasteiger charge is 2.19. The van der Waals surface area contributed by atoms with Crippen LogP contribution in [0, 0.1) is 0 Å². The van der Waals surface area contributed by atoms with Crippen LogP contribution in [0.25, 0.3) is 11.1 Å². The van der Waals surface area contributed by atoms with Crippen molar-refractivity contribution in [3.05, 3.63) is 48.0 Å². The molecule has 0 aliphatic rings. The third kappa shape index (κ3) is 3.74. The summed E-state index contributed by atoms with van der Waals surface area (Å²) in [7, 11) is 0. The van der Waals surface area contributed by atoms with Gasteiger partial charge in [0.05, 0.1) is 16.9 Å². The number of benzene rings is 2. The largest absolute Gasteiger partial charge is 0.366 e. The summed E-state index contributed by atoms with van der Waals surface area (Å²) in [6.07, 6.45) is 0. The summed E-state index contributed by atoms with van der Waals surface area (Å²) in [6, 6.07) is 12.5. The zero-order chi connectivity index (χ0) is 17.0. The second kappa shape index (κ2) is 6.74. The van der Waals surface area contributed by atoms with E-state index in [1.54, 1.807) is 6.07 Å². The molecule has 0 aliphatic heterocycles. The van der Waals surface area contributed by atoms with Gasteiger partial charge in [0.25, 0.3) is 5.91 Å². The number of nitrogens with one attached hydrogen (secondary N) is 2. The maximum absolute atomic E-state index is 11.6. The normalized spacial score (nSPS) is 10.0. The summed E-state index contributed by atoms with van der Waals surface area (Å²) >= 11 is 0. The average Bonchev–Trinajstić information content (AvgIpc) is 2.48. The molecule has 0 bridgehead atoms. The van der Waals surface area contributed by atoms with E-state index >= 15 is 0 Å². The third-order valence-electron chi connectivity index (χ3n) is 3.16. The first-order valence-corrected chi connectivity index (χ1v) is 6.97. The fraction of sp³-hybridized carbons (Fsp3) is 0.118. The van der Waals surface area contributed by atoms with Crippen LogP contribution in [0.5, 0.6) is 0 Å². The number of amides is 3. The van der Waals surface area contributed by atoms with Gasteiger partial charge < -0.3 is 16.4 Å². The van der Waals surface area contributed by atoms with Crippen molar-refractivity contribution in [3.8, 4) is 11.1 Å². The highest BCUT2D eigenvalue weighted by Crippen LogP contribution is 2.37. The van der Waals surface area contributed by atoms with Crippen molar-refractivity contribution < 1.29 is 14.4 Å². The molecule has 2 aromatic rings. The minimum atomic E-state index is -0.694. The summed E-state index contributed by atoms with van der Waals surface area (Å²) in [5, 5.41) is 5.26. The number of anilines is 2. The topological polar surface area (TPSA) is 101 Å². The molecular formula is C17H17N3O3. The number of primary amides is 1. The standard InChI is InChI=1S/C17H17N3O3/c1-10(21)19-15-13(12-6-4-3-5-7-12)8-9-14(17(18)23)16(15)20-11(2)22/h3-9H,1-2H3,(H2,18,23)(H,19,21)(H,20,22). The molecule has 0 saturated heterocycles. The number of carbonyl (C=O) groups excluding carboxylic acids is 3. The average molecular weight is 311 g/mol. The molecule has 0 radical (unpaired) electrons. The van der Waals surface area contributed by atoms with Gasteiger partial charge in [-0.25, -0.2) is 0 Å². The predicted octanol–water partition coefficient (Wildman–Crippen LogP) is 2.37. The van der Waals surface area contributed by atoms with Gasteiger partial charge in [-0.1, -0.05) is 36.4 Å². The Hall–Kier alpha value is -3.15. The van der Waals surface area contributed by atoms with E-state index in [4.69, 9.17) is 5.73 Å². The van der Waals surface area contributed by atoms with Crippen molar-refractivity contribution in [2.75, 3.05) is 10.6 Å². The van der Waals surface area contributed by atoms with Crippen molar-refractivity contribution in [3.63, 3.8) is 0 Å². The molecule has 2 rings (SSSR count). The van der Waals surface area contributed by atoms with E-state index in [2.05, 4.69) is 10.6 Å². The Morgan fingerprint density at radius 2 is 1.39 bits per heavy atom. The molecule has 0 aromatic heterocycles. The number of rotatable bonds is 4. The van der Waals surface area contributed by atoms with E-state index in [0.717, 1.165) is 5.56 Å². The monoisotopic (exact) mass is 311 g/mol. The summed E-state index contributed by atoms with van der Waals surface area (Å²) in [6.45, 7) is 2.67. The molecule has 0 atom stereocenters. The van der Waals surface area contributed by atoms with Crippen LogP contribution in [-0.2, 0) is 9.59 Å². The summed E-state index contributed by atoms with van der Waals surface area (Å²) < 4.78 is 0. The van der Waals surface area contributed by atoms with Gasteiger partial charge in [-0.3, -0.25) is 14.4 Å². The molecule has 2 aromatic carbocycles. The molecule has 0 spiro atoms. The van der Waals surface area contributed by atoms with Gasteiger partial charge in [0, 0.05) is 19.4 Å². The predicted molar refractivity (Wildman–Crippen MR) is 89.0 cm³/mol. The van der Waals surface area contributed by atoms with E-state index in [-0.39, 0.29) is 23.1 Å². The van der Waals surface area contributed by atoms with Crippen LogP contribution in [0.1, 0.15) is 24.2 Å². The first kappa shape index (κ1) is 16.2. The third-order valence-corrected chi connectivity index (χ3v) is 3.16. The summed E-state index contributed by atoms with van der Waals surface area (Å²) in [5.74, 6) is -1.39. The Bertz CT molecular complexity index is 770. The van der Waals surface area contributed by atoms with Crippen molar-refractivity contribution in [2.24, 2.45) is 5.73 Å². The quantitative estimate of drug-likeness (QED) is 0.808. The summed E-state index contributed by atoms with van der Waals surface area (Å²) in [4.78, 5) is 34.7. The SMILES string of the molecule is CC(=O)Nc1c(C(N)=O)ccc(-c2ccccc2)c1NC(C)=O. The number of carbonyl (C=O) groups is 3. The Balaban J connectivity index is 2.74. The number of hydrogen-bond acceptors (Lipinski definition) is 3. The van der Waals surface area contributed by atoms with E-state index in [9.17, 15) is 14.4 Å². The molecule has 0 aliphatic carbocycles. The van der Waals surface area contributed by atoms with Crippen molar-refractivity contribution in [1.82, 2.24) is 0 Å². The molecule has 6 nitrogen and oxygen atoms in total. The minimum absolute atomic E-state index is 0.128. The molecule has 118 valence electrons. The van der Waals surface area contributed by atoms with Gasteiger partial charge in [0.2, 0.25) is 11.8 Å². The van der Waals surface area contributed by atoms with Crippen LogP contribution in [0.4, 0.5) is 11.4 Å². The van der Waals surface area contributed by atoms with Gasteiger partial charge in [-0.2, -0.15) is 0 Å². The second-order valence-corrected chi connectivity index (χ2v) is 5.00. The van der Waals surface area contributed by atoms with E-state index in [1.807, 2.05) is 30.3 Å². The molecule has 4 N–H and O–H groups in total. The lowest BCUT2D eigenvalue weighted by molar-refractivity contribution is -0.115. The Labute approximate surface area is 133 Å². The lowest BCUT2D eigenvalue weighted by Gasteiger charge is -2.18. The van der Waals surface area contributed by atoms with Gasteiger partial charge >= 0.3 is 0 Å². The molecule has 0 fully saturated rings. The molecular weight excluding hydrogens is 294 g/mol. The second-order valence-electron chi connectivity index (χ2n) is 5.00.